The number of H-pyrrole nitrogens is 1. The largest absolute Gasteiger partial charge is 0.494 e. The van der Waals surface area contributed by atoms with Crippen LogP contribution in [0, 0.1) is 0 Å². The molecule has 2 aromatic heterocycles. The molecule has 0 bridgehead atoms. The molecule has 4 N–H and O–H groups in total. The van der Waals surface area contributed by atoms with Crippen LogP contribution in [0.4, 0.5) is 5.69 Å². The van der Waals surface area contributed by atoms with Gasteiger partial charge >= 0.3 is 0 Å². The molecule has 192 valence electrons. The van der Waals surface area contributed by atoms with Gasteiger partial charge in [-0.25, -0.2) is 4.99 Å². The zero-order valence-electron chi connectivity index (χ0n) is 21.9. The van der Waals surface area contributed by atoms with Crippen molar-refractivity contribution in [1.82, 2.24) is 19.7 Å². The first-order valence-corrected chi connectivity index (χ1v) is 13.0. The van der Waals surface area contributed by atoms with Gasteiger partial charge in [0.25, 0.3) is 0 Å². The van der Waals surface area contributed by atoms with Gasteiger partial charge in [-0.05, 0) is 75.4 Å². The number of fused-ring (bicyclic) bond motifs is 1. The van der Waals surface area contributed by atoms with Crippen LogP contribution in [-0.2, 0) is 6.42 Å². The fourth-order valence-corrected chi connectivity index (χ4v) is 5.04. The Balaban J connectivity index is 1.57. The average molecular weight is 490 g/mol. The first-order valence-electron chi connectivity index (χ1n) is 13.0. The molecule has 1 saturated heterocycles. The van der Waals surface area contributed by atoms with Crippen molar-refractivity contribution in [1.29, 1.82) is 0 Å². The summed E-state index contributed by atoms with van der Waals surface area (Å²) in [6.07, 6.45) is 11.8. The maximum Gasteiger partial charge on any atom is 0.198 e. The fourth-order valence-electron chi connectivity index (χ4n) is 5.04. The third kappa shape index (κ3) is 5.70. The monoisotopic (exact) mass is 489 g/mol. The van der Waals surface area contributed by atoms with Crippen molar-refractivity contribution < 1.29 is 5.11 Å². The Morgan fingerprint density at radius 2 is 2.08 bits per heavy atom. The van der Waals surface area contributed by atoms with E-state index in [9.17, 15) is 5.11 Å². The molecule has 1 aromatic carbocycles. The van der Waals surface area contributed by atoms with Gasteiger partial charge in [-0.1, -0.05) is 13.0 Å². The first kappa shape index (κ1) is 25.7. The van der Waals surface area contributed by atoms with Crippen LogP contribution >= 0.6 is 0 Å². The van der Waals surface area contributed by atoms with Crippen molar-refractivity contribution >= 4 is 28.5 Å². The minimum absolute atomic E-state index is 0.150. The minimum atomic E-state index is 0.150. The topological polar surface area (TPSA) is 108 Å². The molecule has 36 heavy (non-hydrogen) atoms. The van der Waals surface area contributed by atoms with Crippen molar-refractivity contribution in [2.24, 2.45) is 15.7 Å². The van der Waals surface area contributed by atoms with E-state index in [-0.39, 0.29) is 5.88 Å². The number of benzene rings is 1. The van der Waals surface area contributed by atoms with E-state index >= 15 is 0 Å². The zero-order chi connectivity index (χ0) is 25.7. The summed E-state index contributed by atoms with van der Waals surface area (Å²) in [5.74, 6) is 0.150. The quantitative estimate of drug-likeness (QED) is 0.362. The minimum Gasteiger partial charge on any atom is -0.494 e. The molecular weight excluding hydrogens is 450 g/mol. The van der Waals surface area contributed by atoms with Gasteiger partial charge in [-0.3, -0.25) is 9.67 Å². The second-order valence-corrected chi connectivity index (χ2v) is 9.81. The lowest BCUT2D eigenvalue weighted by Crippen LogP contribution is -2.39. The molecule has 8 nitrogen and oxygen atoms in total. The number of piperidine rings is 1. The predicted octanol–water partition coefficient (Wildman–Crippen LogP) is 5.12. The highest BCUT2D eigenvalue weighted by molar-refractivity contribution is 6.13. The molecule has 0 saturated carbocycles. The second-order valence-electron chi connectivity index (χ2n) is 9.81. The van der Waals surface area contributed by atoms with Gasteiger partial charge in [0, 0.05) is 43.3 Å². The number of aromatic amines is 1. The van der Waals surface area contributed by atoms with E-state index in [0.29, 0.717) is 18.5 Å². The van der Waals surface area contributed by atoms with Crippen LogP contribution in [0.1, 0.15) is 63.6 Å². The number of hydrogen-bond acceptors (Lipinski definition) is 6. The number of rotatable bonds is 9. The average Bonchev–Trinajstić information content (AvgIpc) is 3.48. The molecule has 3 heterocycles. The standard InChI is InChI=1S/C28H39N7O/c1-5-25(32-22-17-31-35(18-22)23-10-12-34(13-11-23)19(2)3)27-24-14-20(6-7-21(15-29)16-30-4)8-9-26(24)33-28(27)36/h8-9,14-19,23,33,36H,5-7,10-13,29H2,1-4H3/b21-15-,30-16?,32-25?. The molecule has 3 aromatic rings. The summed E-state index contributed by atoms with van der Waals surface area (Å²) in [4.78, 5) is 14.6. The molecule has 0 unspecified atom stereocenters. The summed E-state index contributed by atoms with van der Waals surface area (Å²) in [5.41, 5.74) is 11.2. The Labute approximate surface area is 213 Å². The van der Waals surface area contributed by atoms with E-state index < -0.39 is 0 Å². The van der Waals surface area contributed by atoms with Gasteiger partial charge in [0.15, 0.2) is 5.88 Å². The zero-order valence-corrected chi connectivity index (χ0v) is 21.9. The lowest BCUT2D eigenvalue weighted by Gasteiger charge is -2.34. The summed E-state index contributed by atoms with van der Waals surface area (Å²) < 4.78 is 2.07. The first-order chi connectivity index (χ1) is 17.4. The molecular formula is C28H39N7O. The Hall–Kier alpha value is -3.39. The lowest BCUT2D eigenvalue weighted by molar-refractivity contribution is 0.147. The van der Waals surface area contributed by atoms with Crippen LogP contribution in [0.3, 0.4) is 0 Å². The van der Waals surface area contributed by atoms with E-state index in [1.807, 2.05) is 18.5 Å². The van der Waals surface area contributed by atoms with Crippen LogP contribution < -0.4 is 5.73 Å². The van der Waals surface area contributed by atoms with Gasteiger partial charge in [0.2, 0.25) is 0 Å². The third-order valence-corrected chi connectivity index (χ3v) is 7.13. The number of nitrogens with one attached hydrogen (secondary N) is 1. The molecule has 0 radical (unpaired) electrons. The van der Waals surface area contributed by atoms with Gasteiger partial charge in [-0.15, -0.1) is 0 Å². The van der Waals surface area contributed by atoms with E-state index in [4.69, 9.17) is 10.7 Å². The van der Waals surface area contributed by atoms with Crippen LogP contribution in [0.5, 0.6) is 5.88 Å². The number of nitrogens with two attached hydrogens (primary N) is 1. The summed E-state index contributed by atoms with van der Waals surface area (Å²) in [7, 11) is 1.75. The van der Waals surface area contributed by atoms with E-state index in [1.165, 1.54) is 5.56 Å². The van der Waals surface area contributed by atoms with Crippen molar-refractivity contribution in [3.05, 3.63) is 53.5 Å². The van der Waals surface area contributed by atoms with Gasteiger partial charge in [0.05, 0.1) is 29.7 Å². The number of nitrogens with zero attached hydrogens (tertiary/aromatic N) is 5. The van der Waals surface area contributed by atoms with Crippen LogP contribution in [-0.4, -0.2) is 62.9 Å². The molecule has 1 aliphatic heterocycles. The Bertz CT molecular complexity index is 1260. The van der Waals surface area contributed by atoms with E-state index in [2.05, 4.69) is 57.6 Å². The molecule has 0 atom stereocenters. The summed E-state index contributed by atoms with van der Waals surface area (Å²) >= 11 is 0. The van der Waals surface area contributed by atoms with E-state index in [0.717, 1.165) is 72.2 Å². The maximum absolute atomic E-state index is 10.8. The third-order valence-electron chi connectivity index (χ3n) is 7.13. The molecule has 0 spiro atoms. The van der Waals surface area contributed by atoms with Gasteiger partial charge in [-0.2, -0.15) is 5.10 Å². The molecule has 4 rings (SSSR count). The maximum atomic E-state index is 10.8. The number of aliphatic imine (C=N–C) groups is 2. The number of hydrogen-bond donors (Lipinski definition) is 3. The summed E-state index contributed by atoms with van der Waals surface area (Å²) in [5, 5.41) is 16.4. The predicted molar refractivity (Wildman–Crippen MR) is 149 cm³/mol. The number of aromatic nitrogens is 3. The van der Waals surface area contributed by atoms with Crippen molar-refractivity contribution in [3.8, 4) is 5.88 Å². The molecule has 1 aliphatic rings. The molecule has 8 heteroatoms. The van der Waals surface area contributed by atoms with Crippen molar-refractivity contribution in [2.75, 3.05) is 20.1 Å². The van der Waals surface area contributed by atoms with Crippen LogP contribution in [0.2, 0.25) is 0 Å². The highest BCUT2D eigenvalue weighted by Crippen LogP contribution is 2.32. The Morgan fingerprint density at radius 1 is 1.31 bits per heavy atom. The van der Waals surface area contributed by atoms with E-state index in [1.54, 1.807) is 19.5 Å². The number of aromatic hydroxyl groups is 1. The van der Waals surface area contributed by atoms with Crippen LogP contribution in [0.15, 0.2) is 52.4 Å². The van der Waals surface area contributed by atoms with Crippen molar-refractivity contribution in [2.45, 2.75) is 65.0 Å². The summed E-state index contributed by atoms with van der Waals surface area (Å²) in [6, 6.07) is 7.22. The number of allylic oxidation sites excluding steroid dienone is 1. The highest BCUT2D eigenvalue weighted by atomic mass is 16.3. The number of aryl methyl sites for hydroxylation is 1. The summed E-state index contributed by atoms with van der Waals surface area (Å²) in [6.45, 7) is 8.77. The SMILES string of the molecule is CCC(=Nc1cnn(C2CCN(C(C)C)CC2)c1)c1c(O)[nH]c2ccc(CC/C(C=NC)=C/N)cc12. The highest BCUT2D eigenvalue weighted by Gasteiger charge is 2.23. The smallest absolute Gasteiger partial charge is 0.198 e. The molecule has 0 aliphatic carbocycles. The van der Waals surface area contributed by atoms with Crippen molar-refractivity contribution in [3.63, 3.8) is 0 Å². The second kappa shape index (κ2) is 11.6. The van der Waals surface area contributed by atoms with Gasteiger partial charge in [0.1, 0.15) is 5.69 Å². The Morgan fingerprint density at radius 3 is 2.75 bits per heavy atom. The molecule has 1 fully saturated rings. The fraction of sp³-hybridized carbons (Fsp3) is 0.464. The van der Waals surface area contributed by atoms with Crippen LogP contribution in [0.25, 0.3) is 10.9 Å². The molecule has 0 amide bonds. The Kier molecular flexibility index (Phi) is 8.25. The number of likely N-dealkylation sites (tertiary alicyclic amines) is 1. The normalized spacial score (nSPS) is 16.7. The van der Waals surface area contributed by atoms with Gasteiger partial charge < -0.3 is 20.7 Å². The lowest BCUT2D eigenvalue weighted by atomic mass is 10.0.